The van der Waals surface area contributed by atoms with Crippen LogP contribution in [0.3, 0.4) is 0 Å². The molecule has 0 spiro atoms. The van der Waals surface area contributed by atoms with Crippen molar-refractivity contribution in [3.05, 3.63) is 58.7 Å². The van der Waals surface area contributed by atoms with E-state index in [0.29, 0.717) is 48.7 Å². The molecule has 0 unspecified atom stereocenters. The Morgan fingerprint density at radius 3 is 1.39 bits per heavy atom. The summed E-state index contributed by atoms with van der Waals surface area (Å²) >= 11 is 0. The minimum atomic E-state index is -0.660. The summed E-state index contributed by atoms with van der Waals surface area (Å²) in [5, 5.41) is 14.9. The average molecular weight is 426 g/mol. The Morgan fingerprint density at radius 1 is 0.677 bits per heavy atom. The smallest absolute Gasteiger partial charge is 0.252 e. The van der Waals surface area contributed by atoms with Crippen LogP contribution in [0.2, 0.25) is 0 Å². The largest absolute Gasteiger partial charge is 0.493 e. The number of unbranched alkanes of at least 4 members (excludes halogenated alkanes) is 2. The number of carbonyl (C=O) groups is 2. The number of primary amides is 2. The van der Waals surface area contributed by atoms with E-state index in [1.54, 1.807) is 24.3 Å². The molecule has 2 amide bonds. The molecule has 0 fully saturated rings. The first-order valence-electron chi connectivity index (χ1n) is 9.52. The number of nitrogens with two attached hydrogens (primary N) is 4. The van der Waals surface area contributed by atoms with Crippen LogP contribution in [-0.4, -0.2) is 36.7 Å². The van der Waals surface area contributed by atoms with Crippen molar-refractivity contribution < 1.29 is 19.1 Å². The van der Waals surface area contributed by atoms with E-state index in [2.05, 4.69) is 0 Å². The second-order valence-electron chi connectivity index (χ2n) is 6.74. The van der Waals surface area contributed by atoms with Crippen molar-refractivity contribution in [2.24, 2.45) is 22.9 Å². The van der Waals surface area contributed by atoms with Crippen molar-refractivity contribution in [1.82, 2.24) is 0 Å². The van der Waals surface area contributed by atoms with Gasteiger partial charge in [0.2, 0.25) is 0 Å². The van der Waals surface area contributed by atoms with Gasteiger partial charge in [0, 0.05) is 11.1 Å². The number of hydrogen-bond donors (Lipinski definition) is 6. The van der Waals surface area contributed by atoms with Crippen LogP contribution in [0.5, 0.6) is 11.5 Å². The summed E-state index contributed by atoms with van der Waals surface area (Å²) in [7, 11) is 0. The Labute approximate surface area is 179 Å². The molecule has 10 N–H and O–H groups in total. The van der Waals surface area contributed by atoms with Crippen molar-refractivity contribution >= 4 is 23.5 Å². The summed E-state index contributed by atoms with van der Waals surface area (Å²) in [5.74, 6) is -0.968. The zero-order valence-corrected chi connectivity index (χ0v) is 16.9. The van der Waals surface area contributed by atoms with Crippen molar-refractivity contribution in [1.29, 1.82) is 10.8 Å². The SMILES string of the molecule is N=C(N)c1ccc(OCCCCCOc2ccc(C(=N)N)cc2C(N)=O)c(C(N)=O)c1. The summed E-state index contributed by atoms with van der Waals surface area (Å²) in [4.78, 5) is 23.2. The van der Waals surface area contributed by atoms with Crippen LogP contribution in [0, 0.1) is 10.8 Å². The number of nitrogens with one attached hydrogen (secondary N) is 2. The Kier molecular flexibility index (Phi) is 7.95. The second-order valence-corrected chi connectivity index (χ2v) is 6.74. The summed E-state index contributed by atoms with van der Waals surface area (Å²) in [6.07, 6.45) is 2.17. The summed E-state index contributed by atoms with van der Waals surface area (Å²) in [6, 6.07) is 9.17. The molecule has 164 valence electrons. The lowest BCUT2D eigenvalue weighted by atomic mass is 10.1. The van der Waals surface area contributed by atoms with Crippen LogP contribution in [-0.2, 0) is 0 Å². The first-order valence-corrected chi connectivity index (χ1v) is 9.52. The van der Waals surface area contributed by atoms with Crippen LogP contribution < -0.4 is 32.4 Å². The van der Waals surface area contributed by atoms with E-state index in [4.69, 9.17) is 43.2 Å². The molecule has 0 atom stereocenters. The molecule has 0 aliphatic rings. The molecule has 2 aromatic rings. The molecule has 2 aromatic carbocycles. The van der Waals surface area contributed by atoms with Gasteiger partial charge in [-0.15, -0.1) is 0 Å². The molecule has 31 heavy (non-hydrogen) atoms. The number of nitrogen functional groups attached to an aromatic ring is 2. The highest BCUT2D eigenvalue weighted by Crippen LogP contribution is 2.21. The highest BCUT2D eigenvalue weighted by Gasteiger charge is 2.13. The number of hydrogen-bond acceptors (Lipinski definition) is 6. The Hall–Kier alpha value is -4.08. The molecule has 0 heterocycles. The summed E-state index contributed by atoms with van der Waals surface area (Å²) in [5.41, 5.74) is 22.7. The third-order valence-corrected chi connectivity index (χ3v) is 4.42. The first kappa shape index (κ1) is 23.2. The zero-order chi connectivity index (χ0) is 23.0. The topological polar surface area (TPSA) is 204 Å². The first-order chi connectivity index (χ1) is 14.7. The van der Waals surface area contributed by atoms with Gasteiger partial charge in [-0.05, 0) is 55.7 Å². The normalized spacial score (nSPS) is 10.3. The minimum absolute atomic E-state index is 0.163. The van der Waals surface area contributed by atoms with Crippen LogP contribution >= 0.6 is 0 Å². The third kappa shape index (κ3) is 6.46. The summed E-state index contributed by atoms with van der Waals surface area (Å²) < 4.78 is 11.3. The molecule has 0 aromatic heterocycles. The third-order valence-electron chi connectivity index (χ3n) is 4.42. The molecule has 0 saturated carbocycles. The van der Waals surface area contributed by atoms with Gasteiger partial charge in [0.15, 0.2) is 0 Å². The molecule has 0 bridgehead atoms. The Bertz CT molecular complexity index is 926. The molecule has 0 aliphatic heterocycles. The van der Waals surface area contributed by atoms with Crippen molar-refractivity contribution in [3.8, 4) is 11.5 Å². The van der Waals surface area contributed by atoms with Gasteiger partial charge in [0.25, 0.3) is 11.8 Å². The number of amides is 2. The predicted molar refractivity (Wildman–Crippen MR) is 117 cm³/mol. The molecule has 10 nitrogen and oxygen atoms in total. The molecule has 0 saturated heterocycles. The van der Waals surface area contributed by atoms with Crippen LogP contribution in [0.15, 0.2) is 36.4 Å². The number of rotatable bonds is 12. The Balaban J connectivity index is 1.81. The van der Waals surface area contributed by atoms with E-state index in [1.807, 2.05) is 0 Å². The fourth-order valence-corrected chi connectivity index (χ4v) is 2.78. The van der Waals surface area contributed by atoms with Gasteiger partial charge in [-0.2, -0.15) is 0 Å². The fourth-order valence-electron chi connectivity index (χ4n) is 2.78. The van der Waals surface area contributed by atoms with Crippen LogP contribution in [0.4, 0.5) is 0 Å². The summed E-state index contributed by atoms with van der Waals surface area (Å²) in [6.45, 7) is 0.721. The molecular weight excluding hydrogens is 400 g/mol. The van der Waals surface area contributed by atoms with E-state index in [9.17, 15) is 9.59 Å². The van der Waals surface area contributed by atoms with Crippen molar-refractivity contribution in [2.45, 2.75) is 19.3 Å². The molecule has 2 rings (SSSR count). The second kappa shape index (κ2) is 10.6. The molecule has 0 aliphatic carbocycles. The lowest BCUT2D eigenvalue weighted by Crippen LogP contribution is -2.17. The van der Waals surface area contributed by atoms with Crippen LogP contribution in [0.1, 0.15) is 51.1 Å². The van der Waals surface area contributed by atoms with Crippen molar-refractivity contribution in [2.75, 3.05) is 13.2 Å². The van der Waals surface area contributed by atoms with Gasteiger partial charge in [0.1, 0.15) is 23.2 Å². The van der Waals surface area contributed by atoms with Gasteiger partial charge >= 0.3 is 0 Å². The maximum Gasteiger partial charge on any atom is 0.252 e. The van der Waals surface area contributed by atoms with E-state index < -0.39 is 11.8 Å². The van der Waals surface area contributed by atoms with Gasteiger partial charge in [-0.1, -0.05) is 0 Å². The van der Waals surface area contributed by atoms with E-state index >= 15 is 0 Å². The molecular formula is C21H26N6O4. The Morgan fingerprint density at radius 2 is 1.06 bits per heavy atom. The highest BCUT2D eigenvalue weighted by atomic mass is 16.5. The number of carbonyl (C=O) groups excluding carboxylic acids is 2. The lowest BCUT2D eigenvalue weighted by molar-refractivity contribution is 0.0988. The lowest BCUT2D eigenvalue weighted by Gasteiger charge is -2.12. The fraction of sp³-hybridized carbons (Fsp3) is 0.238. The van der Waals surface area contributed by atoms with Crippen LogP contribution in [0.25, 0.3) is 0 Å². The minimum Gasteiger partial charge on any atom is -0.493 e. The standard InChI is InChI=1S/C21H26N6O4/c22-18(23)12-4-6-16(14(10-12)20(26)28)30-8-2-1-3-9-31-17-7-5-13(19(24)25)11-15(17)21(27)29/h4-7,10-11H,1-3,8-9H2,(H3,22,23)(H3,24,25)(H2,26,28)(H2,27,29). The van der Waals surface area contributed by atoms with Gasteiger partial charge < -0.3 is 32.4 Å². The van der Waals surface area contributed by atoms with E-state index in [-0.39, 0.29) is 22.8 Å². The van der Waals surface area contributed by atoms with Gasteiger partial charge in [0.05, 0.1) is 24.3 Å². The molecule has 0 radical (unpaired) electrons. The monoisotopic (exact) mass is 426 g/mol. The maximum absolute atomic E-state index is 11.6. The van der Waals surface area contributed by atoms with Crippen molar-refractivity contribution in [3.63, 3.8) is 0 Å². The average Bonchev–Trinajstić information content (AvgIpc) is 2.72. The predicted octanol–water partition coefficient (Wildman–Crippen LogP) is 1.08. The van der Waals surface area contributed by atoms with E-state index in [0.717, 1.165) is 6.42 Å². The van der Waals surface area contributed by atoms with E-state index in [1.165, 1.54) is 12.1 Å². The number of ether oxygens (including phenoxy) is 2. The quantitative estimate of drug-likeness (QED) is 0.166. The van der Waals surface area contributed by atoms with Gasteiger partial charge in [-0.3, -0.25) is 20.4 Å². The number of benzene rings is 2. The zero-order valence-electron chi connectivity index (χ0n) is 16.9. The van der Waals surface area contributed by atoms with Gasteiger partial charge in [-0.25, -0.2) is 0 Å². The molecule has 10 heteroatoms. The number of amidine groups is 2. The maximum atomic E-state index is 11.6. The highest BCUT2D eigenvalue weighted by molar-refractivity contribution is 6.02.